The second-order valence-electron chi connectivity index (χ2n) is 3.09. The molecule has 15 heavy (non-hydrogen) atoms. The van der Waals surface area contributed by atoms with E-state index in [0.717, 1.165) is 11.5 Å². The van der Waals surface area contributed by atoms with Gasteiger partial charge in [0.05, 0.1) is 0 Å². The predicted molar refractivity (Wildman–Crippen MR) is 52.5 cm³/mol. The first-order valence-electron chi connectivity index (χ1n) is 4.06. The number of halogens is 4. The molecular weight excluding hydrogens is 273 g/mol. The maximum absolute atomic E-state index is 12.1. The highest BCUT2D eigenvalue weighted by Gasteiger charge is 2.57. The Morgan fingerprint density at radius 3 is 2.00 bits per heavy atom. The highest BCUT2D eigenvalue weighted by atomic mass is 35.5. The van der Waals surface area contributed by atoms with Gasteiger partial charge in [0, 0.05) is 11.5 Å². The highest BCUT2D eigenvalue weighted by Crippen LogP contribution is 2.30. The molecule has 8 heteroatoms. The molecule has 2 nitrogen and oxygen atoms in total. The predicted octanol–water partition coefficient (Wildman–Crippen LogP) is -2.40. The lowest BCUT2D eigenvalue weighted by Crippen LogP contribution is -3.00. The van der Waals surface area contributed by atoms with Crippen molar-refractivity contribution >= 4 is 22.7 Å². The van der Waals surface area contributed by atoms with Crippen LogP contribution in [0.3, 0.4) is 0 Å². The molecule has 0 amide bonds. The van der Waals surface area contributed by atoms with Gasteiger partial charge in [0.15, 0.2) is 5.75 Å². The Hall–Kier alpha value is 0.700. The van der Waals surface area contributed by atoms with Gasteiger partial charge in [-0.05, 0) is 10.9 Å². The Labute approximate surface area is 99.4 Å². The molecule has 0 aromatic rings. The van der Waals surface area contributed by atoms with E-state index in [2.05, 4.69) is 0 Å². The van der Waals surface area contributed by atoms with E-state index >= 15 is 0 Å². The Morgan fingerprint density at radius 2 is 1.60 bits per heavy atom. The van der Waals surface area contributed by atoms with Crippen LogP contribution < -0.4 is 12.4 Å². The Balaban J connectivity index is 0.00000196. The van der Waals surface area contributed by atoms with Crippen molar-refractivity contribution < 1.29 is 35.8 Å². The zero-order valence-corrected chi connectivity index (χ0v) is 10.1. The Kier molecular flexibility index (Phi) is 6.13. The van der Waals surface area contributed by atoms with Gasteiger partial charge in [-0.15, -0.1) is 0 Å². The summed E-state index contributed by atoms with van der Waals surface area (Å²) in [5, 5.41) is 17.7. The molecule has 1 fully saturated rings. The van der Waals surface area contributed by atoms with Gasteiger partial charge >= 0.3 is 12.0 Å². The van der Waals surface area contributed by atoms with Gasteiger partial charge in [0.25, 0.3) is 0 Å². The summed E-state index contributed by atoms with van der Waals surface area (Å²) in [6.07, 6.45) is -4.94. The molecule has 2 N–H and O–H groups in total. The van der Waals surface area contributed by atoms with Crippen LogP contribution in [0.25, 0.3) is 0 Å². The first-order chi connectivity index (χ1) is 6.33. The first kappa shape index (κ1) is 15.7. The third-order valence-electron chi connectivity index (χ3n) is 1.89. The van der Waals surface area contributed by atoms with Crippen LogP contribution in [0, 0.1) is 0 Å². The van der Waals surface area contributed by atoms with Crippen LogP contribution in [0.15, 0.2) is 0 Å². The summed E-state index contributed by atoms with van der Waals surface area (Å²) in [6, 6.07) is 0. The number of thioether (sulfide) groups is 1. The van der Waals surface area contributed by atoms with Crippen LogP contribution in [0.2, 0.25) is 0 Å². The van der Waals surface area contributed by atoms with Crippen molar-refractivity contribution in [1.29, 1.82) is 0 Å². The van der Waals surface area contributed by atoms with Gasteiger partial charge in [-0.25, -0.2) is 0 Å². The molecule has 0 spiro atoms. The minimum Gasteiger partial charge on any atom is -1.00 e. The van der Waals surface area contributed by atoms with Crippen molar-refractivity contribution in [2.75, 3.05) is 28.8 Å². The molecule has 0 aliphatic carbocycles. The largest absolute Gasteiger partial charge is 1.00 e. The summed E-state index contributed by atoms with van der Waals surface area (Å²) >= 11 is 1.69. The van der Waals surface area contributed by atoms with Crippen molar-refractivity contribution in [2.24, 2.45) is 0 Å². The zero-order chi connectivity index (χ0) is 10.8. The van der Waals surface area contributed by atoms with Crippen molar-refractivity contribution in [3.05, 3.63) is 0 Å². The number of hydrogen-bond donors (Lipinski definition) is 2. The summed E-state index contributed by atoms with van der Waals surface area (Å²) < 4.78 is 36.3. The molecule has 0 atom stereocenters. The summed E-state index contributed by atoms with van der Waals surface area (Å²) in [5.41, 5.74) is 0. The molecule has 0 bridgehead atoms. The lowest BCUT2D eigenvalue weighted by molar-refractivity contribution is -0.336. The maximum Gasteiger partial charge on any atom is 0.448 e. The second-order valence-corrected chi connectivity index (χ2v) is 6.65. The van der Waals surface area contributed by atoms with Gasteiger partial charge in [-0.3, -0.25) is 0 Å². The van der Waals surface area contributed by atoms with Crippen LogP contribution in [0.1, 0.15) is 0 Å². The lowest BCUT2D eigenvalue weighted by atomic mass is 10.3. The molecule has 0 aromatic heterocycles. The van der Waals surface area contributed by atoms with Gasteiger partial charge < -0.3 is 22.6 Å². The number of aliphatic hydroxyl groups is 2. The van der Waals surface area contributed by atoms with Crippen LogP contribution in [-0.4, -0.2) is 50.9 Å². The fourth-order valence-corrected chi connectivity index (χ4v) is 5.33. The molecule has 92 valence electrons. The molecule has 0 unspecified atom stereocenters. The molecule has 0 saturated carbocycles. The minimum absolute atomic E-state index is 0. The summed E-state index contributed by atoms with van der Waals surface area (Å²) in [6.45, 7) is 0. The lowest BCUT2D eigenvalue weighted by Gasteiger charge is -2.25. The number of rotatable bonds is 2. The van der Waals surface area contributed by atoms with Gasteiger partial charge in [0.2, 0.25) is 0 Å². The normalized spacial score (nSPS) is 19.8. The van der Waals surface area contributed by atoms with E-state index in [9.17, 15) is 13.2 Å². The van der Waals surface area contributed by atoms with E-state index < -0.39 is 28.6 Å². The van der Waals surface area contributed by atoms with E-state index in [1.807, 2.05) is 0 Å². The molecule has 1 rings (SSSR count). The molecule has 1 aliphatic rings. The van der Waals surface area contributed by atoms with E-state index in [0.29, 0.717) is 11.5 Å². The van der Waals surface area contributed by atoms with Gasteiger partial charge in [-0.1, -0.05) is 0 Å². The Bertz CT molecular complexity index is 195. The summed E-state index contributed by atoms with van der Waals surface area (Å²) in [7, 11) is -0.501. The fourth-order valence-electron chi connectivity index (χ4n) is 1.07. The topological polar surface area (TPSA) is 40.5 Å². The van der Waals surface area contributed by atoms with Crippen LogP contribution in [-0.2, 0) is 10.9 Å². The maximum atomic E-state index is 12.1. The van der Waals surface area contributed by atoms with E-state index in [1.54, 1.807) is 11.8 Å². The standard InChI is InChI=1S/C7H12F3O2S2.ClH/c8-7(9,10)6(11,12)5-14-3-1-13-2-4-14;/h11-12H,1-5H2;1H/q+1;/p-1. The molecular formula is C7H12ClF3O2S2. The quantitative estimate of drug-likeness (QED) is 0.439. The molecule has 1 heterocycles. The third-order valence-corrected chi connectivity index (χ3v) is 5.77. The van der Waals surface area contributed by atoms with Gasteiger partial charge in [0.1, 0.15) is 11.5 Å². The molecule has 0 radical (unpaired) electrons. The average molecular weight is 285 g/mol. The summed E-state index contributed by atoms with van der Waals surface area (Å²) in [5.74, 6) is -1.13. The zero-order valence-electron chi connectivity index (χ0n) is 7.76. The average Bonchev–Trinajstić information content (AvgIpc) is 2.03. The van der Waals surface area contributed by atoms with E-state index in [1.165, 1.54) is 0 Å². The fraction of sp³-hybridized carbons (Fsp3) is 1.00. The van der Waals surface area contributed by atoms with Crippen molar-refractivity contribution in [3.8, 4) is 0 Å². The Morgan fingerprint density at radius 1 is 1.13 bits per heavy atom. The van der Waals surface area contributed by atoms with Crippen LogP contribution in [0.4, 0.5) is 13.2 Å². The second kappa shape index (κ2) is 5.86. The smallest absolute Gasteiger partial charge is 0.448 e. The number of alkyl halides is 3. The SMILES string of the molecule is OC(O)(C[S+]1CCSCC1)C(F)(F)F.[Cl-]. The van der Waals surface area contributed by atoms with Crippen molar-refractivity contribution in [3.63, 3.8) is 0 Å². The molecule has 1 aliphatic heterocycles. The highest BCUT2D eigenvalue weighted by molar-refractivity contribution is 8.05. The van der Waals surface area contributed by atoms with E-state index in [-0.39, 0.29) is 12.4 Å². The van der Waals surface area contributed by atoms with Crippen LogP contribution in [0.5, 0.6) is 0 Å². The molecule has 1 saturated heterocycles. The van der Waals surface area contributed by atoms with Crippen LogP contribution >= 0.6 is 11.8 Å². The van der Waals surface area contributed by atoms with E-state index in [4.69, 9.17) is 10.2 Å². The summed E-state index contributed by atoms with van der Waals surface area (Å²) in [4.78, 5) is 0. The third kappa shape index (κ3) is 4.60. The van der Waals surface area contributed by atoms with Gasteiger partial charge in [-0.2, -0.15) is 24.9 Å². The molecule has 0 aromatic carbocycles. The number of hydrogen-bond acceptors (Lipinski definition) is 3. The first-order valence-corrected chi connectivity index (χ1v) is 6.95. The van der Waals surface area contributed by atoms with Crippen molar-refractivity contribution in [2.45, 2.75) is 12.0 Å². The monoisotopic (exact) mass is 284 g/mol. The van der Waals surface area contributed by atoms with Crippen molar-refractivity contribution in [1.82, 2.24) is 0 Å². The minimum atomic E-state index is -4.94.